The van der Waals surface area contributed by atoms with E-state index in [1.165, 1.54) is 0 Å². The van der Waals surface area contributed by atoms with Gasteiger partial charge in [-0.2, -0.15) is 0 Å². The fourth-order valence-electron chi connectivity index (χ4n) is 3.88. The molecule has 1 aliphatic heterocycles. The average molecular weight is 513 g/mol. The van der Waals surface area contributed by atoms with Gasteiger partial charge in [-0.05, 0) is 16.7 Å². The van der Waals surface area contributed by atoms with E-state index in [0.717, 1.165) is 16.7 Å². The molecule has 0 bridgehead atoms. The van der Waals surface area contributed by atoms with Crippen molar-refractivity contribution >= 4 is 15.9 Å². The quantitative estimate of drug-likeness (QED) is 0.393. The highest BCUT2D eigenvalue weighted by Gasteiger charge is 2.47. The summed E-state index contributed by atoms with van der Waals surface area (Å²) < 4.78 is 25.1. The van der Waals surface area contributed by atoms with E-state index in [2.05, 4.69) is 15.9 Å². The van der Waals surface area contributed by atoms with Crippen LogP contribution in [0.3, 0.4) is 0 Å². The molecule has 0 radical (unpaired) electrons. The van der Waals surface area contributed by atoms with E-state index < -0.39 is 29.4 Å². The van der Waals surface area contributed by atoms with Gasteiger partial charge in [-0.15, -0.1) is 0 Å². The van der Waals surface area contributed by atoms with Gasteiger partial charge >= 0.3 is 0 Å². The molecule has 1 saturated heterocycles. The first kappa shape index (κ1) is 24.1. The third-order valence-corrected chi connectivity index (χ3v) is 6.35. The predicted octanol–water partition coefficient (Wildman–Crippen LogP) is 4.85. The van der Waals surface area contributed by atoms with E-state index >= 15 is 0 Å². The van der Waals surface area contributed by atoms with Crippen molar-refractivity contribution in [2.24, 2.45) is 0 Å². The number of hydrogen-bond donors (Lipinski definition) is 1. The van der Waals surface area contributed by atoms with Crippen LogP contribution in [0.2, 0.25) is 0 Å². The van der Waals surface area contributed by atoms with E-state index in [0.29, 0.717) is 19.8 Å². The van der Waals surface area contributed by atoms with E-state index in [1.54, 1.807) is 0 Å². The van der Waals surface area contributed by atoms with Gasteiger partial charge < -0.3 is 24.1 Å². The maximum absolute atomic E-state index is 10.1. The molecule has 1 aliphatic rings. The van der Waals surface area contributed by atoms with Crippen molar-refractivity contribution in [3.8, 4) is 0 Å². The van der Waals surface area contributed by atoms with Crippen LogP contribution in [0.4, 0.5) is 0 Å². The Balaban J connectivity index is 1.53. The van der Waals surface area contributed by atoms with Crippen LogP contribution in [0.15, 0.2) is 91.0 Å². The highest BCUT2D eigenvalue weighted by atomic mass is 79.9. The van der Waals surface area contributed by atoms with Crippen LogP contribution >= 0.6 is 15.9 Å². The van der Waals surface area contributed by atoms with Crippen LogP contribution in [0.25, 0.3) is 0 Å². The van der Waals surface area contributed by atoms with Crippen molar-refractivity contribution in [3.63, 3.8) is 0 Å². The standard InChI is InChI=1S/C27H29BrO5/c28-27-26(32-19-22-14-8-3-9-15-22)25(31-18-21-12-6-2-7-13-21)24(23(16-29)33-27)30-17-20-10-4-1-5-11-20/h1-15,23-27,29H,16-19H2/t23-,24-,25+,26-,27?/m1/s1. The van der Waals surface area contributed by atoms with Gasteiger partial charge in [0.2, 0.25) is 0 Å². The highest BCUT2D eigenvalue weighted by Crippen LogP contribution is 2.32. The van der Waals surface area contributed by atoms with Crippen molar-refractivity contribution in [2.45, 2.75) is 49.2 Å². The van der Waals surface area contributed by atoms with Gasteiger partial charge in [0, 0.05) is 0 Å². The lowest BCUT2D eigenvalue weighted by Gasteiger charge is -2.44. The van der Waals surface area contributed by atoms with E-state index in [9.17, 15) is 5.11 Å². The van der Waals surface area contributed by atoms with Gasteiger partial charge in [-0.1, -0.05) is 107 Å². The lowest BCUT2D eigenvalue weighted by atomic mass is 9.99. The van der Waals surface area contributed by atoms with Crippen LogP contribution < -0.4 is 0 Å². The summed E-state index contributed by atoms with van der Waals surface area (Å²) in [4.78, 5) is 0. The first-order valence-electron chi connectivity index (χ1n) is 11.1. The molecule has 6 heteroatoms. The average Bonchev–Trinajstić information content (AvgIpc) is 2.87. The summed E-state index contributed by atoms with van der Waals surface area (Å²) in [5.41, 5.74) is 3.16. The molecule has 0 saturated carbocycles. The highest BCUT2D eigenvalue weighted by molar-refractivity contribution is 9.09. The normalized spacial score (nSPS) is 25.1. The Morgan fingerprint density at radius 3 is 1.42 bits per heavy atom. The number of aliphatic hydroxyl groups excluding tert-OH is 1. The van der Waals surface area contributed by atoms with Crippen molar-refractivity contribution in [1.82, 2.24) is 0 Å². The molecule has 1 fully saturated rings. The predicted molar refractivity (Wildman–Crippen MR) is 130 cm³/mol. The second-order valence-electron chi connectivity index (χ2n) is 7.99. The van der Waals surface area contributed by atoms with Gasteiger partial charge in [0.25, 0.3) is 0 Å². The Kier molecular flexibility index (Phi) is 9.06. The Hall–Kier alpha value is -2.06. The summed E-state index contributed by atoms with van der Waals surface area (Å²) in [6, 6.07) is 29.9. The van der Waals surface area contributed by atoms with Gasteiger partial charge in [-0.25, -0.2) is 0 Å². The number of benzene rings is 3. The Morgan fingerprint density at radius 2 is 1.00 bits per heavy atom. The molecule has 0 aliphatic carbocycles. The van der Waals surface area contributed by atoms with Crippen LogP contribution in [0, 0.1) is 0 Å². The monoisotopic (exact) mass is 512 g/mol. The minimum Gasteiger partial charge on any atom is -0.394 e. The largest absolute Gasteiger partial charge is 0.394 e. The summed E-state index contributed by atoms with van der Waals surface area (Å²) in [5.74, 6) is 0. The molecule has 5 atom stereocenters. The third kappa shape index (κ3) is 6.73. The van der Waals surface area contributed by atoms with Gasteiger partial charge in [0.1, 0.15) is 29.4 Å². The zero-order valence-electron chi connectivity index (χ0n) is 18.3. The number of hydrogen-bond acceptors (Lipinski definition) is 5. The Bertz CT molecular complexity index is 941. The number of halogens is 1. The fraction of sp³-hybridized carbons (Fsp3) is 0.333. The molecule has 3 aromatic rings. The van der Waals surface area contributed by atoms with Crippen LogP contribution in [0.1, 0.15) is 16.7 Å². The molecule has 1 N–H and O–H groups in total. The van der Waals surface area contributed by atoms with Crippen molar-refractivity contribution in [2.75, 3.05) is 6.61 Å². The summed E-state index contributed by atoms with van der Waals surface area (Å²) >= 11 is 3.61. The summed E-state index contributed by atoms with van der Waals surface area (Å²) in [6.45, 7) is 1.02. The Labute approximate surface area is 203 Å². The maximum atomic E-state index is 10.1. The van der Waals surface area contributed by atoms with Gasteiger partial charge in [0.15, 0.2) is 0 Å². The molecule has 4 rings (SSSR count). The molecule has 174 valence electrons. The van der Waals surface area contributed by atoms with Gasteiger partial charge in [0.05, 0.1) is 26.4 Å². The topological polar surface area (TPSA) is 57.2 Å². The second kappa shape index (κ2) is 12.4. The van der Waals surface area contributed by atoms with E-state index in [1.807, 2.05) is 91.0 Å². The molecule has 33 heavy (non-hydrogen) atoms. The van der Waals surface area contributed by atoms with Crippen LogP contribution in [0.5, 0.6) is 0 Å². The second-order valence-corrected chi connectivity index (χ2v) is 8.89. The zero-order chi connectivity index (χ0) is 22.9. The first-order chi connectivity index (χ1) is 16.2. The molecule has 5 nitrogen and oxygen atoms in total. The first-order valence-corrected chi connectivity index (χ1v) is 12.0. The lowest BCUT2D eigenvalue weighted by molar-refractivity contribution is -0.250. The number of alkyl halides is 1. The van der Waals surface area contributed by atoms with Crippen LogP contribution in [-0.2, 0) is 38.8 Å². The summed E-state index contributed by atoms with van der Waals surface area (Å²) in [6.07, 6.45) is -1.94. The molecule has 0 amide bonds. The van der Waals surface area contributed by atoms with Crippen molar-refractivity contribution < 1.29 is 24.1 Å². The number of aliphatic hydroxyl groups is 1. The maximum Gasteiger partial charge on any atom is 0.141 e. The third-order valence-electron chi connectivity index (χ3n) is 5.61. The molecule has 0 spiro atoms. The fourth-order valence-corrected chi connectivity index (χ4v) is 4.61. The van der Waals surface area contributed by atoms with Crippen molar-refractivity contribution in [1.29, 1.82) is 0 Å². The SMILES string of the molecule is OC[C@H]1OC(Br)[C@H](OCc2ccccc2)[C@@H](OCc2ccccc2)[C@@H]1OCc1ccccc1. The minimum atomic E-state index is -0.546. The summed E-state index contributed by atoms with van der Waals surface area (Å²) in [7, 11) is 0. The van der Waals surface area contributed by atoms with Crippen LogP contribution in [-0.4, -0.2) is 41.1 Å². The molecule has 1 unspecified atom stereocenters. The summed E-state index contributed by atoms with van der Waals surface area (Å²) in [5, 5.41) is 9.60. The molecule has 0 aromatic heterocycles. The molecular weight excluding hydrogens is 484 g/mol. The van der Waals surface area contributed by atoms with E-state index in [-0.39, 0.29) is 6.61 Å². The number of ether oxygens (including phenoxy) is 4. The zero-order valence-corrected chi connectivity index (χ0v) is 19.9. The smallest absolute Gasteiger partial charge is 0.141 e. The molecule has 3 aromatic carbocycles. The Morgan fingerprint density at radius 1 is 0.606 bits per heavy atom. The lowest BCUT2D eigenvalue weighted by Crippen LogP contribution is -2.59. The van der Waals surface area contributed by atoms with E-state index in [4.69, 9.17) is 18.9 Å². The number of rotatable bonds is 10. The molecule has 1 heterocycles. The van der Waals surface area contributed by atoms with Gasteiger partial charge in [-0.3, -0.25) is 0 Å². The molecular formula is C27H29BrO5. The van der Waals surface area contributed by atoms with Crippen molar-refractivity contribution in [3.05, 3.63) is 108 Å². The minimum absolute atomic E-state index is 0.182.